The molecule has 4 N–H and O–H groups in total. The van der Waals surface area contributed by atoms with Gasteiger partial charge in [0.1, 0.15) is 53.6 Å². The molecule has 7 heterocycles. The number of fused-ring (bicyclic) bond motifs is 4. The molecule has 11 nitrogen and oxygen atoms in total. The van der Waals surface area contributed by atoms with E-state index in [0.29, 0.717) is 37.7 Å². The van der Waals surface area contributed by atoms with Gasteiger partial charge in [-0.05, 0) is 56.2 Å². The third-order valence-electron chi connectivity index (χ3n) is 11.9. The van der Waals surface area contributed by atoms with Gasteiger partial charge in [-0.2, -0.15) is 15.2 Å². The number of halogens is 4. The minimum atomic E-state index is -0.965. The molecule has 6 atom stereocenters. The van der Waals surface area contributed by atoms with Gasteiger partial charge < -0.3 is 25.4 Å². The molecule has 5 aliphatic heterocycles. The normalized spacial score (nSPS) is 29.1. The number of anilines is 2. The number of carbonyl (C=O) groups is 1. The van der Waals surface area contributed by atoms with E-state index in [2.05, 4.69) is 20.5 Å². The molecule has 2 unspecified atom stereocenters. The van der Waals surface area contributed by atoms with E-state index in [-0.39, 0.29) is 103 Å². The molecule has 10 rings (SSSR count). The van der Waals surface area contributed by atoms with Gasteiger partial charge in [0.2, 0.25) is 5.91 Å². The maximum absolute atomic E-state index is 17.3. The predicted molar refractivity (Wildman–Crippen MR) is 190 cm³/mol. The van der Waals surface area contributed by atoms with Crippen molar-refractivity contribution in [2.45, 2.75) is 74.4 Å². The molecular formula is C36H34ClF3N8O3S. The Morgan fingerprint density at radius 3 is 2.92 bits per heavy atom. The van der Waals surface area contributed by atoms with E-state index in [1.54, 1.807) is 0 Å². The zero-order valence-electron chi connectivity index (χ0n) is 27.9. The molecule has 1 aliphatic carbocycles. The Morgan fingerprint density at radius 2 is 2.12 bits per heavy atom. The highest BCUT2D eigenvalue weighted by Gasteiger charge is 2.52. The van der Waals surface area contributed by atoms with Crippen molar-refractivity contribution in [3.05, 3.63) is 34.4 Å². The van der Waals surface area contributed by atoms with E-state index in [0.717, 1.165) is 43.6 Å². The largest absolute Gasteiger partial charge is 0.489 e. The molecule has 16 heteroatoms. The second kappa shape index (κ2) is 11.7. The molecule has 4 aromatic rings. The number of benzene rings is 2. The molecular weight excluding hydrogens is 717 g/mol. The molecule has 2 aromatic heterocycles. The van der Waals surface area contributed by atoms with Crippen LogP contribution in [0.25, 0.3) is 32.1 Å². The first kappa shape index (κ1) is 32.5. The van der Waals surface area contributed by atoms with Gasteiger partial charge in [0.05, 0.1) is 32.3 Å². The van der Waals surface area contributed by atoms with Crippen molar-refractivity contribution >= 4 is 60.7 Å². The SMILES string of the molecule is N#Cc1c(N)sc2c(F)ccc(-c3c(Cl)c4c5c(nc(OC[C@@]67CCCN6C[C@H](F)C7)nc5c3F)N3CC(NC(=O)[C@@H]5N[C@H]5C5CC5)CC3CO4)c12. The third kappa shape index (κ3) is 4.94. The first-order valence-electron chi connectivity index (χ1n) is 17.8. The van der Waals surface area contributed by atoms with Crippen molar-refractivity contribution in [3.8, 4) is 29.0 Å². The number of nitriles is 1. The Balaban J connectivity index is 1.09. The van der Waals surface area contributed by atoms with E-state index in [1.165, 1.54) is 12.1 Å². The number of nitrogens with zero attached hydrogens (tertiary/aromatic N) is 5. The van der Waals surface area contributed by atoms with Crippen LogP contribution in [0.4, 0.5) is 24.0 Å². The van der Waals surface area contributed by atoms with Crippen LogP contribution in [-0.2, 0) is 4.79 Å². The van der Waals surface area contributed by atoms with E-state index in [9.17, 15) is 14.4 Å². The lowest BCUT2D eigenvalue weighted by molar-refractivity contribution is -0.121. The Labute approximate surface area is 305 Å². The van der Waals surface area contributed by atoms with Crippen LogP contribution >= 0.6 is 22.9 Å². The highest BCUT2D eigenvalue weighted by atomic mass is 35.5. The number of alkyl halides is 1. The van der Waals surface area contributed by atoms with Crippen LogP contribution in [0.2, 0.25) is 5.02 Å². The fraction of sp³-hybridized carbons (Fsp3) is 0.500. The molecule has 4 saturated heterocycles. The lowest BCUT2D eigenvalue weighted by atomic mass is 9.95. The maximum atomic E-state index is 17.3. The number of aromatic nitrogens is 2. The molecule has 0 radical (unpaired) electrons. The summed E-state index contributed by atoms with van der Waals surface area (Å²) in [5.41, 5.74) is 5.55. The molecule has 0 bridgehead atoms. The number of ether oxygens (including phenoxy) is 2. The second-order valence-corrected chi connectivity index (χ2v) is 16.5. The minimum Gasteiger partial charge on any atom is -0.489 e. The average Bonchev–Trinajstić information content (AvgIpc) is 3.99. The number of hydrogen-bond acceptors (Lipinski definition) is 11. The number of carbonyl (C=O) groups excluding carboxylic acids is 1. The number of hydrogen-bond donors (Lipinski definition) is 3. The summed E-state index contributed by atoms with van der Waals surface area (Å²) in [5, 5.41) is 16.9. The van der Waals surface area contributed by atoms with E-state index in [4.69, 9.17) is 31.8 Å². The van der Waals surface area contributed by atoms with Crippen molar-refractivity contribution in [1.82, 2.24) is 25.5 Å². The summed E-state index contributed by atoms with van der Waals surface area (Å²) in [5.74, 6) is -0.400. The average molecular weight is 751 g/mol. The predicted octanol–water partition coefficient (Wildman–Crippen LogP) is 5.06. The van der Waals surface area contributed by atoms with Crippen LogP contribution < -0.4 is 30.7 Å². The highest BCUT2D eigenvalue weighted by Crippen LogP contribution is 2.52. The minimum absolute atomic E-state index is 0.0194. The molecule has 270 valence electrons. The summed E-state index contributed by atoms with van der Waals surface area (Å²) >= 11 is 7.97. The van der Waals surface area contributed by atoms with Crippen molar-refractivity contribution in [2.75, 3.05) is 43.5 Å². The molecule has 1 amide bonds. The van der Waals surface area contributed by atoms with Gasteiger partial charge in [-0.1, -0.05) is 17.7 Å². The van der Waals surface area contributed by atoms with Gasteiger partial charge in [0.25, 0.3) is 0 Å². The molecule has 6 aliphatic rings. The van der Waals surface area contributed by atoms with Crippen LogP contribution in [0.15, 0.2) is 12.1 Å². The third-order valence-corrected chi connectivity index (χ3v) is 13.2. The smallest absolute Gasteiger partial charge is 0.319 e. The van der Waals surface area contributed by atoms with Gasteiger partial charge >= 0.3 is 6.01 Å². The summed E-state index contributed by atoms with van der Waals surface area (Å²) in [6.45, 7) is 1.77. The number of nitrogen functional groups attached to an aromatic ring is 1. The van der Waals surface area contributed by atoms with Gasteiger partial charge in [0.15, 0.2) is 11.6 Å². The van der Waals surface area contributed by atoms with Gasteiger partial charge in [-0.3, -0.25) is 15.0 Å². The van der Waals surface area contributed by atoms with Crippen molar-refractivity contribution in [2.24, 2.45) is 5.92 Å². The van der Waals surface area contributed by atoms with Crippen LogP contribution in [-0.4, -0.2) is 89.5 Å². The summed E-state index contributed by atoms with van der Waals surface area (Å²) in [6, 6.07) is 4.08. The molecule has 0 spiro atoms. The summed E-state index contributed by atoms with van der Waals surface area (Å²) < 4.78 is 59.8. The van der Waals surface area contributed by atoms with Crippen LogP contribution in [0.1, 0.15) is 44.1 Å². The topological polar surface area (TPSA) is 152 Å². The van der Waals surface area contributed by atoms with E-state index in [1.807, 2.05) is 11.0 Å². The molecule has 1 saturated carbocycles. The van der Waals surface area contributed by atoms with Crippen molar-refractivity contribution in [3.63, 3.8) is 0 Å². The molecule has 5 fully saturated rings. The number of thiophene rings is 1. The van der Waals surface area contributed by atoms with Gasteiger partial charge in [-0.15, -0.1) is 11.3 Å². The fourth-order valence-electron chi connectivity index (χ4n) is 9.20. The number of rotatable bonds is 7. The lowest BCUT2D eigenvalue weighted by Gasteiger charge is -2.31. The lowest BCUT2D eigenvalue weighted by Crippen LogP contribution is -2.43. The summed E-state index contributed by atoms with van der Waals surface area (Å²) in [7, 11) is 0. The summed E-state index contributed by atoms with van der Waals surface area (Å²) in [6.07, 6.45) is 3.88. The van der Waals surface area contributed by atoms with Gasteiger partial charge in [0, 0.05) is 42.5 Å². The van der Waals surface area contributed by atoms with E-state index >= 15 is 8.78 Å². The monoisotopic (exact) mass is 750 g/mol. The highest BCUT2D eigenvalue weighted by molar-refractivity contribution is 7.23. The zero-order chi connectivity index (χ0) is 35.6. The van der Waals surface area contributed by atoms with Crippen LogP contribution in [0, 0.1) is 28.9 Å². The second-order valence-electron chi connectivity index (χ2n) is 15.1. The first-order valence-corrected chi connectivity index (χ1v) is 18.9. The Kier molecular flexibility index (Phi) is 7.32. The maximum Gasteiger partial charge on any atom is 0.319 e. The molecule has 52 heavy (non-hydrogen) atoms. The van der Waals surface area contributed by atoms with Crippen LogP contribution in [0.3, 0.4) is 0 Å². The van der Waals surface area contributed by atoms with Crippen molar-refractivity contribution < 1.29 is 27.4 Å². The Morgan fingerprint density at radius 1 is 1.27 bits per heavy atom. The number of amides is 1. The molecule has 2 aromatic carbocycles. The van der Waals surface area contributed by atoms with Crippen molar-refractivity contribution in [1.29, 1.82) is 5.26 Å². The first-order chi connectivity index (χ1) is 25.1. The fourth-order valence-corrected chi connectivity index (χ4v) is 10.5. The Hall–Kier alpha value is -4.10. The van der Waals surface area contributed by atoms with E-state index < -0.39 is 23.3 Å². The number of nitrogens with two attached hydrogens (primary N) is 1. The zero-order valence-corrected chi connectivity index (χ0v) is 29.4. The number of nitrogens with one attached hydrogen (secondary N) is 2. The van der Waals surface area contributed by atoms with Crippen LogP contribution in [0.5, 0.6) is 11.8 Å². The van der Waals surface area contributed by atoms with Gasteiger partial charge in [-0.25, -0.2) is 13.2 Å². The standard InChI is InChI=1S/C36H34ClF3N8O3S/c37-25-23(19-4-5-21(39)31-22(19)20(10-41)32(42)52-31)26(40)28-24-30(25)50-13-18-8-17(43-34(49)29-27(44-29)15-2-3-15)12-48(18)33(24)46-35(45-28)51-14-36-6-1-7-47(36)11-16(38)9-36/h4-5,15-18,27,29,44H,1-3,6-9,11-14,42H2,(H,43,49)/t16-,17?,18?,27+,29-,36+/m1/s1. The quantitative estimate of drug-likeness (QED) is 0.219. The summed E-state index contributed by atoms with van der Waals surface area (Å²) in [4.78, 5) is 26.7. The Bertz CT molecular complexity index is 2250.